The molecule has 0 bridgehead atoms. The summed E-state index contributed by atoms with van der Waals surface area (Å²) in [5.74, 6) is -1.22. The van der Waals surface area contributed by atoms with E-state index in [9.17, 15) is 9.90 Å². The molecule has 1 aromatic carbocycles. The molecule has 2 atom stereocenters. The van der Waals surface area contributed by atoms with Gasteiger partial charge in [-0.05, 0) is 24.6 Å². The minimum absolute atomic E-state index is 0.164. The zero-order chi connectivity index (χ0) is 12.3. The molecular formula is C11H14ClNO3. The molecule has 0 unspecified atom stereocenters. The minimum Gasteiger partial charge on any atom is -0.480 e. The van der Waals surface area contributed by atoms with E-state index in [0.717, 1.165) is 5.56 Å². The van der Waals surface area contributed by atoms with Gasteiger partial charge in [0.25, 0.3) is 0 Å². The van der Waals surface area contributed by atoms with E-state index in [1.165, 1.54) is 6.92 Å². The Balaban J connectivity index is 2.79. The zero-order valence-corrected chi connectivity index (χ0v) is 9.61. The molecule has 0 aliphatic carbocycles. The van der Waals surface area contributed by atoms with Gasteiger partial charge in [0, 0.05) is 11.4 Å². The minimum atomic E-state index is -1.49. The van der Waals surface area contributed by atoms with Gasteiger partial charge in [0.05, 0.1) is 5.60 Å². The highest BCUT2D eigenvalue weighted by Crippen LogP contribution is 2.18. The third kappa shape index (κ3) is 3.20. The van der Waals surface area contributed by atoms with Crippen molar-refractivity contribution in [1.29, 1.82) is 0 Å². The van der Waals surface area contributed by atoms with Crippen LogP contribution in [0.2, 0.25) is 5.02 Å². The lowest BCUT2D eigenvalue weighted by Gasteiger charge is -2.27. The summed E-state index contributed by atoms with van der Waals surface area (Å²) in [5, 5.41) is 19.3. The molecule has 4 N–H and O–H groups in total. The maximum Gasteiger partial charge on any atom is 0.323 e. The van der Waals surface area contributed by atoms with Crippen LogP contribution in [0.3, 0.4) is 0 Å². The molecule has 0 fully saturated rings. The smallest absolute Gasteiger partial charge is 0.323 e. The van der Waals surface area contributed by atoms with Crippen molar-refractivity contribution < 1.29 is 15.0 Å². The number of rotatable bonds is 4. The molecule has 0 aromatic heterocycles. The van der Waals surface area contributed by atoms with Gasteiger partial charge in [0.2, 0.25) is 0 Å². The first-order valence-corrected chi connectivity index (χ1v) is 5.16. The van der Waals surface area contributed by atoms with Gasteiger partial charge in [0.1, 0.15) is 6.04 Å². The molecule has 5 heteroatoms. The van der Waals surface area contributed by atoms with Crippen molar-refractivity contribution in [2.24, 2.45) is 5.73 Å². The summed E-state index contributed by atoms with van der Waals surface area (Å²) in [7, 11) is 0. The Kier molecular flexibility index (Phi) is 3.91. The molecule has 0 aliphatic rings. The van der Waals surface area contributed by atoms with E-state index >= 15 is 0 Å². The van der Waals surface area contributed by atoms with E-state index in [4.69, 9.17) is 22.4 Å². The number of carboxylic acids is 1. The van der Waals surface area contributed by atoms with Crippen molar-refractivity contribution in [3.63, 3.8) is 0 Å². The number of hydrogen-bond donors (Lipinski definition) is 3. The Hall–Kier alpha value is -1.10. The Bertz CT molecular complexity index is 375. The van der Waals surface area contributed by atoms with E-state index in [1.54, 1.807) is 24.3 Å². The second-order valence-electron chi connectivity index (χ2n) is 3.98. The van der Waals surface area contributed by atoms with Crippen LogP contribution >= 0.6 is 11.6 Å². The molecule has 0 radical (unpaired) electrons. The number of hydrogen-bond acceptors (Lipinski definition) is 3. The molecule has 88 valence electrons. The molecule has 0 saturated carbocycles. The maximum absolute atomic E-state index is 10.7. The monoisotopic (exact) mass is 243 g/mol. The van der Waals surface area contributed by atoms with Gasteiger partial charge >= 0.3 is 5.97 Å². The highest BCUT2D eigenvalue weighted by Gasteiger charge is 2.34. The highest BCUT2D eigenvalue weighted by molar-refractivity contribution is 6.30. The number of benzene rings is 1. The summed E-state index contributed by atoms with van der Waals surface area (Å²) in [5.41, 5.74) is 4.69. The number of halogens is 1. The molecule has 4 nitrogen and oxygen atoms in total. The van der Waals surface area contributed by atoms with Crippen molar-refractivity contribution in [1.82, 2.24) is 0 Å². The van der Waals surface area contributed by atoms with Crippen molar-refractivity contribution >= 4 is 17.6 Å². The van der Waals surface area contributed by atoms with Crippen LogP contribution in [0.4, 0.5) is 0 Å². The van der Waals surface area contributed by atoms with Crippen molar-refractivity contribution in [3.8, 4) is 0 Å². The number of aliphatic hydroxyl groups is 1. The fraction of sp³-hybridized carbons (Fsp3) is 0.364. The first-order chi connectivity index (χ1) is 7.33. The standard InChI is InChI=1S/C11H14ClNO3/c1-11(16,9(13)10(14)15)6-7-2-4-8(12)5-3-7/h2-5,9,16H,6,13H2,1H3,(H,14,15)/t9-,11-/m1/s1. The van der Waals surface area contributed by atoms with Crippen LogP contribution in [0.15, 0.2) is 24.3 Å². The van der Waals surface area contributed by atoms with Crippen molar-refractivity contribution in [2.45, 2.75) is 25.0 Å². The summed E-state index contributed by atoms with van der Waals surface area (Å²) in [6.45, 7) is 1.40. The first kappa shape index (κ1) is 13.0. The number of carbonyl (C=O) groups is 1. The Morgan fingerprint density at radius 1 is 1.50 bits per heavy atom. The Morgan fingerprint density at radius 2 is 2.00 bits per heavy atom. The zero-order valence-electron chi connectivity index (χ0n) is 8.85. The largest absolute Gasteiger partial charge is 0.480 e. The van der Waals surface area contributed by atoms with Gasteiger partial charge in [-0.1, -0.05) is 23.7 Å². The second kappa shape index (κ2) is 4.82. The van der Waals surface area contributed by atoms with Crippen LogP contribution in [0.5, 0.6) is 0 Å². The van der Waals surface area contributed by atoms with E-state index < -0.39 is 17.6 Å². The summed E-state index contributed by atoms with van der Waals surface area (Å²) >= 11 is 5.71. The molecule has 1 aromatic rings. The van der Waals surface area contributed by atoms with Gasteiger partial charge < -0.3 is 15.9 Å². The third-order valence-electron chi connectivity index (χ3n) is 2.41. The van der Waals surface area contributed by atoms with Crippen molar-refractivity contribution in [3.05, 3.63) is 34.9 Å². The Labute approximate surface area is 98.6 Å². The average molecular weight is 244 g/mol. The summed E-state index contributed by atoms with van der Waals surface area (Å²) < 4.78 is 0. The lowest BCUT2D eigenvalue weighted by Crippen LogP contribution is -2.52. The average Bonchev–Trinajstić information content (AvgIpc) is 2.20. The van der Waals surface area contributed by atoms with Gasteiger partial charge in [-0.2, -0.15) is 0 Å². The third-order valence-corrected chi connectivity index (χ3v) is 2.66. The molecule has 0 spiro atoms. The van der Waals surface area contributed by atoms with Crippen LogP contribution < -0.4 is 5.73 Å². The predicted molar refractivity (Wildman–Crippen MR) is 61.4 cm³/mol. The van der Waals surface area contributed by atoms with E-state index in [2.05, 4.69) is 0 Å². The lowest BCUT2D eigenvalue weighted by atomic mass is 9.89. The van der Waals surface area contributed by atoms with E-state index in [-0.39, 0.29) is 6.42 Å². The molecule has 16 heavy (non-hydrogen) atoms. The summed E-state index contributed by atoms with van der Waals surface area (Å²) in [6.07, 6.45) is 0.164. The topological polar surface area (TPSA) is 83.5 Å². The van der Waals surface area contributed by atoms with Gasteiger partial charge in [-0.3, -0.25) is 4.79 Å². The second-order valence-corrected chi connectivity index (χ2v) is 4.41. The summed E-state index contributed by atoms with van der Waals surface area (Å²) in [6, 6.07) is 5.50. The van der Waals surface area contributed by atoms with Crippen LogP contribution in [0.1, 0.15) is 12.5 Å². The number of aliphatic carboxylic acids is 1. The summed E-state index contributed by atoms with van der Waals surface area (Å²) in [4.78, 5) is 10.7. The van der Waals surface area contributed by atoms with Gasteiger partial charge in [-0.15, -0.1) is 0 Å². The predicted octanol–water partition coefficient (Wildman–Crippen LogP) is 1.05. The van der Waals surface area contributed by atoms with Crippen LogP contribution in [0, 0.1) is 0 Å². The Morgan fingerprint density at radius 3 is 2.44 bits per heavy atom. The number of nitrogens with two attached hydrogens (primary N) is 1. The molecule has 0 heterocycles. The van der Waals surface area contributed by atoms with E-state index in [1.807, 2.05) is 0 Å². The molecule has 0 saturated heterocycles. The van der Waals surface area contributed by atoms with Crippen LogP contribution in [0.25, 0.3) is 0 Å². The van der Waals surface area contributed by atoms with Crippen LogP contribution in [-0.4, -0.2) is 27.8 Å². The molecular weight excluding hydrogens is 230 g/mol. The van der Waals surface area contributed by atoms with E-state index in [0.29, 0.717) is 5.02 Å². The number of carboxylic acid groups (broad SMARTS) is 1. The maximum atomic E-state index is 10.7. The van der Waals surface area contributed by atoms with Gasteiger partial charge in [-0.25, -0.2) is 0 Å². The highest BCUT2D eigenvalue weighted by atomic mass is 35.5. The first-order valence-electron chi connectivity index (χ1n) is 4.78. The lowest BCUT2D eigenvalue weighted by molar-refractivity contribution is -0.144. The fourth-order valence-electron chi connectivity index (χ4n) is 1.39. The SMILES string of the molecule is C[C@@](O)(Cc1ccc(Cl)cc1)[C@H](N)C(=O)O. The molecule has 0 amide bonds. The quantitative estimate of drug-likeness (QED) is 0.738. The molecule has 0 aliphatic heterocycles. The van der Waals surface area contributed by atoms with Gasteiger partial charge in [0.15, 0.2) is 0 Å². The van der Waals surface area contributed by atoms with Crippen molar-refractivity contribution in [2.75, 3.05) is 0 Å². The van der Waals surface area contributed by atoms with Crippen LogP contribution in [-0.2, 0) is 11.2 Å². The molecule has 1 rings (SSSR count). The normalized spacial score (nSPS) is 16.5. The fourth-order valence-corrected chi connectivity index (χ4v) is 1.52.